The summed E-state index contributed by atoms with van der Waals surface area (Å²) in [5.41, 5.74) is 0. The molecule has 0 aliphatic carbocycles. The Kier molecular flexibility index (Phi) is 4.47. The molecule has 3 nitrogen and oxygen atoms in total. The highest BCUT2D eigenvalue weighted by molar-refractivity contribution is 7.75. The molecule has 0 aliphatic rings. The highest BCUT2D eigenvalue weighted by atomic mass is 32.1. The molecule has 0 amide bonds. The molecule has 0 N–H and O–H groups in total. The molecule has 60 valence electrons. The van der Waals surface area contributed by atoms with Crippen LogP contribution in [0.1, 0.15) is 13.3 Å². The Labute approximate surface area is 67.0 Å². The second kappa shape index (κ2) is 4.57. The number of likely N-dealkylation sites (N-methyl/N-ethyl adjacent to an activating group) is 1. The molecule has 1 unspecified atom stereocenters. The molecule has 0 aliphatic heterocycles. The maximum atomic E-state index is 10.8. The smallest absolute Gasteiger partial charge is 0.335 e. The fourth-order valence-corrected chi connectivity index (χ4v) is 0.925. The molecule has 0 fully saturated rings. The van der Waals surface area contributed by atoms with Crippen LogP contribution in [0, 0.1) is 0 Å². The minimum atomic E-state index is -0.296. The minimum absolute atomic E-state index is 0.169. The maximum Gasteiger partial charge on any atom is 0.335 e. The summed E-state index contributed by atoms with van der Waals surface area (Å²) < 4.78 is 4.28. The molecule has 0 aromatic carbocycles. The summed E-state index contributed by atoms with van der Waals surface area (Å²) in [6, 6.07) is -0.169. The molecular weight excluding hydrogens is 150 g/mol. The third kappa shape index (κ3) is 2.58. The average Bonchev–Trinajstić information content (AvgIpc) is 1.88. The van der Waals surface area contributed by atoms with Crippen molar-refractivity contribution in [1.29, 1.82) is 0 Å². The van der Waals surface area contributed by atoms with Gasteiger partial charge in [0, 0.05) is 12.9 Å². The van der Waals surface area contributed by atoms with Crippen LogP contribution in [0.5, 0.6) is 0 Å². The van der Waals surface area contributed by atoms with E-state index >= 15 is 0 Å². The first-order valence-electron chi connectivity index (χ1n) is 3.15. The van der Waals surface area contributed by atoms with E-state index in [4.69, 9.17) is 0 Å². The Morgan fingerprint density at radius 3 is 2.30 bits per heavy atom. The molecule has 0 bridgehead atoms. The lowest BCUT2D eigenvalue weighted by Crippen LogP contribution is -2.35. The molecule has 0 radical (unpaired) electrons. The van der Waals surface area contributed by atoms with Gasteiger partial charge in [-0.2, -0.15) is 0 Å². The monoisotopic (exact) mass is 163 g/mol. The van der Waals surface area contributed by atoms with Crippen molar-refractivity contribution < 1.29 is 8.98 Å². The van der Waals surface area contributed by atoms with Crippen molar-refractivity contribution in [1.82, 2.24) is 4.90 Å². The molecular formula is C6H13NO2S. The number of carbonyl (C=O) groups is 1. The zero-order valence-corrected chi connectivity index (χ0v) is 7.39. The predicted molar refractivity (Wildman–Crippen MR) is 42.8 cm³/mol. The van der Waals surface area contributed by atoms with E-state index in [0.29, 0.717) is 0 Å². The molecule has 1 atom stereocenters. The van der Waals surface area contributed by atoms with Gasteiger partial charge < -0.3 is 4.18 Å². The molecule has 0 rings (SSSR count). The lowest BCUT2D eigenvalue weighted by Gasteiger charge is -2.18. The van der Waals surface area contributed by atoms with E-state index in [1.807, 2.05) is 21.0 Å². The van der Waals surface area contributed by atoms with Gasteiger partial charge in [0.05, 0.1) is 0 Å². The van der Waals surface area contributed by atoms with Crippen LogP contribution in [-0.4, -0.2) is 31.0 Å². The van der Waals surface area contributed by atoms with Gasteiger partial charge in [0.25, 0.3) is 0 Å². The Balaban J connectivity index is 3.93. The molecule has 0 saturated carbocycles. The second-order valence-corrected chi connectivity index (χ2v) is 2.48. The third-order valence-electron chi connectivity index (χ3n) is 1.37. The summed E-state index contributed by atoms with van der Waals surface area (Å²) in [6.07, 6.45) is 0.742. The van der Waals surface area contributed by atoms with Gasteiger partial charge in [-0.25, -0.2) is 4.79 Å². The summed E-state index contributed by atoms with van der Waals surface area (Å²) in [5, 5.41) is 0. The lowest BCUT2D eigenvalue weighted by atomic mass is 10.2. The van der Waals surface area contributed by atoms with E-state index in [2.05, 4.69) is 17.1 Å². The summed E-state index contributed by atoms with van der Waals surface area (Å²) >= 11 is 3.43. The normalized spacial score (nSPS) is 13.3. The van der Waals surface area contributed by atoms with Gasteiger partial charge >= 0.3 is 5.97 Å². The van der Waals surface area contributed by atoms with Crippen molar-refractivity contribution >= 4 is 18.9 Å². The number of hydrogen-bond donors (Lipinski definition) is 1. The fraction of sp³-hybridized carbons (Fsp3) is 0.833. The van der Waals surface area contributed by atoms with Crippen molar-refractivity contribution in [2.75, 3.05) is 14.1 Å². The van der Waals surface area contributed by atoms with Crippen LogP contribution in [0.4, 0.5) is 0 Å². The quantitative estimate of drug-likeness (QED) is 0.491. The molecule has 4 heteroatoms. The summed E-state index contributed by atoms with van der Waals surface area (Å²) in [4.78, 5) is 12.6. The van der Waals surface area contributed by atoms with Crippen LogP contribution in [0.3, 0.4) is 0 Å². The van der Waals surface area contributed by atoms with Gasteiger partial charge in [0.1, 0.15) is 6.04 Å². The Hall–Kier alpha value is -0.220. The van der Waals surface area contributed by atoms with Gasteiger partial charge in [0.2, 0.25) is 0 Å². The van der Waals surface area contributed by atoms with E-state index in [1.54, 1.807) is 4.90 Å². The highest BCUT2D eigenvalue weighted by Crippen LogP contribution is 2.02. The van der Waals surface area contributed by atoms with Crippen LogP contribution in [-0.2, 0) is 8.98 Å². The van der Waals surface area contributed by atoms with E-state index in [1.165, 1.54) is 0 Å². The lowest BCUT2D eigenvalue weighted by molar-refractivity contribution is -0.138. The van der Waals surface area contributed by atoms with Crippen molar-refractivity contribution in [3.63, 3.8) is 0 Å². The van der Waals surface area contributed by atoms with E-state index in [0.717, 1.165) is 6.42 Å². The largest absolute Gasteiger partial charge is 0.393 e. The third-order valence-corrected chi connectivity index (χ3v) is 1.55. The first kappa shape index (κ1) is 9.78. The van der Waals surface area contributed by atoms with E-state index in [9.17, 15) is 4.79 Å². The van der Waals surface area contributed by atoms with Crippen LogP contribution < -0.4 is 0 Å². The number of carbonyl (C=O) groups excluding carboxylic acids is 1. The fourth-order valence-electron chi connectivity index (χ4n) is 0.803. The highest BCUT2D eigenvalue weighted by Gasteiger charge is 2.18. The molecule has 10 heavy (non-hydrogen) atoms. The zero-order valence-electron chi connectivity index (χ0n) is 6.50. The van der Waals surface area contributed by atoms with Crippen LogP contribution in [0.15, 0.2) is 0 Å². The van der Waals surface area contributed by atoms with Gasteiger partial charge in [-0.05, 0) is 20.5 Å². The van der Waals surface area contributed by atoms with E-state index < -0.39 is 0 Å². The van der Waals surface area contributed by atoms with Crippen molar-refractivity contribution in [2.24, 2.45) is 0 Å². The van der Waals surface area contributed by atoms with Crippen LogP contribution in [0.2, 0.25) is 0 Å². The average molecular weight is 163 g/mol. The number of thiol groups is 1. The molecule has 0 aromatic heterocycles. The molecule has 0 heterocycles. The molecule has 0 spiro atoms. The number of nitrogens with zero attached hydrogens (tertiary/aromatic N) is 1. The Morgan fingerprint density at radius 1 is 1.70 bits per heavy atom. The summed E-state index contributed by atoms with van der Waals surface area (Å²) in [7, 11) is 3.66. The van der Waals surface area contributed by atoms with Gasteiger partial charge in [-0.1, -0.05) is 6.92 Å². The van der Waals surface area contributed by atoms with Gasteiger partial charge in [0.15, 0.2) is 0 Å². The molecule has 0 aromatic rings. The van der Waals surface area contributed by atoms with Crippen LogP contribution in [0.25, 0.3) is 0 Å². The van der Waals surface area contributed by atoms with Crippen molar-refractivity contribution in [3.05, 3.63) is 0 Å². The summed E-state index contributed by atoms with van der Waals surface area (Å²) in [5.74, 6) is -0.296. The van der Waals surface area contributed by atoms with Crippen molar-refractivity contribution in [2.45, 2.75) is 19.4 Å². The van der Waals surface area contributed by atoms with Gasteiger partial charge in [-0.15, -0.1) is 0 Å². The second-order valence-electron chi connectivity index (χ2n) is 2.30. The molecule has 0 saturated heterocycles. The minimum Gasteiger partial charge on any atom is -0.393 e. The summed E-state index contributed by atoms with van der Waals surface area (Å²) in [6.45, 7) is 1.93. The predicted octanol–water partition coefficient (Wildman–Crippen LogP) is 0.715. The van der Waals surface area contributed by atoms with Gasteiger partial charge in [-0.3, -0.25) is 4.90 Å². The van der Waals surface area contributed by atoms with Crippen LogP contribution >= 0.6 is 12.9 Å². The standard InChI is InChI=1S/C6H13NO2S/c1-4-5(7(2)3)6(8)9-10/h5,10H,4H2,1-3H3. The van der Waals surface area contributed by atoms with E-state index in [-0.39, 0.29) is 12.0 Å². The first-order chi connectivity index (χ1) is 4.63. The number of rotatable bonds is 3. The SMILES string of the molecule is CCC(C(=O)OS)N(C)C. The zero-order chi connectivity index (χ0) is 8.15. The number of hydrogen-bond acceptors (Lipinski definition) is 4. The topological polar surface area (TPSA) is 29.5 Å². The Bertz CT molecular complexity index is 116. The first-order valence-corrected chi connectivity index (χ1v) is 3.51. The maximum absolute atomic E-state index is 10.8. The Morgan fingerprint density at radius 2 is 2.20 bits per heavy atom. The van der Waals surface area contributed by atoms with Crippen molar-refractivity contribution in [3.8, 4) is 0 Å².